The van der Waals surface area contributed by atoms with Crippen LogP contribution in [0.4, 0.5) is 0 Å². The van der Waals surface area contributed by atoms with Crippen molar-refractivity contribution in [1.82, 2.24) is 9.80 Å². The lowest BCUT2D eigenvalue weighted by molar-refractivity contribution is 0.0807. The number of nitrogens with two attached hydrogens (primary N) is 1. The Kier molecular flexibility index (Phi) is 4.11. The molecule has 2 rings (SSSR count). The second kappa shape index (κ2) is 5.25. The first kappa shape index (κ1) is 13.3. The second-order valence-corrected chi connectivity index (χ2v) is 6.19. The molecule has 2 N–H and O–H groups in total. The van der Waals surface area contributed by atoms with Crippen molar-refractivity contribution >= 4 is 0 Å². The van der Waals surface area contributed by atoms with Gasteiger partial charge in [-0.15, -0.1) is 0 Å². The zero-order valence-corrected chi connectivity index (χ0v) is 11.8. The van der Waals surface area contributed by atoms with Crippen LogP contribution in [0.1, 0.15) is 32.6 Å². The standard InChI is InChI=1S/C14H29N3/c1-4-17(9-5-8-16(2)3)14(11-15)7-6-12-10-13(12)14/h12-13H,4-11,15H2,1-3H3. The van der Waals surface area contributed by atoms with E-state index in [1.54, 1.807) is 0 Å². The van der Waals surface area contributed by atoms with E-state index >= 15 is 0 Å². The molecule has 2 saturated carbocycles. The molecule has 0 amide bonds. The highest BCUT2D eigenvalue weighted by molar-refractivity contribution is 5.13. The van der Waals surface area contributed by atoms with E-state index in [4.69, 9.17) is 5.73 Å². The lowest BCUT2D eigenvalue weighted by atomic mass is 9.90. The van der Waals surface area contributed by atoms with E-state index in [-0.39, 0.29) is 0 Å². The van der Waals surface area contributed by atoms with E-state index in [9.17, 15) is 0 Å². The summed E-state index contributed by atoms with van der Waals surface area (Å²) < 4.78 is 0. The molecule has 3 heteroatoms. The van der Waals surface area contributed by atoms with Crippen molar-refractivity contribution in [2.75, 3.05) is 40.3 Å². The van der Waals surface area contributed by atoms with Crippen molar-refractivity contribution < 1.29 is 0 Å². The van der Waals surface area contributed by atoms with Gasteiger partial charge in [0.1, 0.15) is 0 Å². The van der Waals surface area contributed by atoms with Gasteiger partial charge in [0.2, 0.25) is 0 Å². The van der Waals surface area contributed by atoms with Gasteiger partial charge in [-0.25, -0.2) is 0 Å². The highest BCUT2D eigenvalue weighted by atomic mass is 15.2. The zero-order valence-electron chi connectivity index (χ0n) is 11.8. The van der Waals surface area contributed by atoms with E-state index < -0.39 is 0 Å². The molecule has 0 spiro atoms. The molecule has 0 saturated heterocycles. The Morgan fingerprint density at radius 3 is 2.47 bits per heavy atom. The van der Waals surface area contributed by atoms with Crippen LogP contribution in [-0.2, 0) is 0 Å². The monoisotopic (exact) mass is 239 g/mol. The molecule has 17 heavy (non-hydrogen) atoms. The van der Waals surface area contributed by atoms with Gasteiger partial charge in [0.25, 0.3) is 0 Å². The third-order valence-corrected chi connectivity index (χ3v) is 4.96. The maximum atomic E-state index is 6.14. The number of rotatable bonds is 7. The first-order chi connectivity index (χ1) is 8.14. The Bertz CT molecular complexity index is 254. The molecule has 2 aliphatic carbocycles. The SMILES string of the molecule is CCN(CCCN(C)C)C1(CN)CCC2CC21. The van der Waals surface area contributed by atoms with Gasteiger partial charge in [0.05, 0.1) is 0 Å². The number of fused-ring (bicyclic) bond motifs is 1. The molecule has 0 aromatic rings. The lowest BCUT2D eigenvalue weighted by Gasteiger charge is -2.42. The minimum absolute atomic E-state index is 0.367. The molecule has 2 fully saturated rings. The van der Waals surface area contributed by atoms with E-state index in [1.807, 2.05) is 0 Å². The van der Waals surface area contributed by atoms with Crippen molar-refractivity contribution in [3.63, 3.8) is 0 Å². The molecular formula is C14H29N3. The van der Waals surface area contributed by atoms with Crippen LogP contribution in [-0.4, -0.2) is 55.6 Å². The maximum Gasteiger partial charge on any atom is 0.0362 e. The largest absolute Gasteiger partial charge is 0.329 e. The predicted octanol–water partition coefficient (Wildman–Crippen LogP) is 1.39. The topological polar surface area (TPSA) is 32.5 Å². The molecule has 0 radical (unpaired) electrons. The number of hydrogen-bond acceptors (Lipinski definition) is 3. The van der Waals surface area contributed by atoms with Crippen LogP contribution in [0, 0.1) is 11.8 Å². The maximum absolute atomic E-state index is 6.14. The summed E-state index contributed by atoms with van der Waals surface area (Å²) in [6.45, 7) is 6.72. The van der Waals surface area contributed by atoms with Crippen molar-refractivity contribution in [1.29, 1.82) is 0 Å². The van der Waals surface area contributed by atoms with Gasteiger partial charge in [0, 0.05) is 12.1 Å². The Balaban J connectivity index is 1.91. The van der Waals surface area contributed by atoms with Crippen LogP contribution in [0.15, 0.2) is 0 Å². The van der Waals surface area contributed by atoms with E-state index in [0.29, 0.717) is 5.54 Å². The van der Waals surface area contributed by atoms with Crippen LogP contribution in [0.3, 0.4) is 0 Å². The Labute approximate surface area is 106 Å². The highest BCUT2D eigenvalue weighted by Crippen LogP contribution is 2.59. The van der Waals surface area contributed by atoms with Gasteiger partial charge < -0.3 is 10.6 Å². The van der Waals surface area contributed by atoms with E-state index in [0.717, 1.165) is 24.9 Å². The highest BCUT2D eigenvalue weighted by Gasteiger charge is 2.58. The summed E-state index contributed by atoms with van der Waals surface area (Å²) in [5.74, 6) is 1.94. The predicted molar refractivity (Wildman–Crippen MR) is 73.0 cm³/mol. The molecule has 0 heterocycles. The smallest absolute Gasteiger partial charge is 0.0362 e. The molecule has 0 aliphatic heterocycles. The molecule has 3 unspecified atom stereocenters. The molecule has 3 nitrogen and oxygen atoms in total. The zero-order chi connectivity index (χ0) is 12.5. The average Bonchev–Trinajstić information content (AvgIpc) is 3.01. The Morgan fingerprint density at radius 2 is 2.06 bits per heavy atom. The summed E-state index contributed by atoms with van der Waals surface area (Å²) in [6, 6.07) is 0. The van der Waals surface area contributed by atoms with Crippen LogP contribution in [0.2, 0.25) is 0 Å². The van der Waals surface area contributed by atoms with Gasteiger partial charge in [0.15, 0.2) is 0 Å². The summed E-state index contributed by atoms with van der Waals surface area (Å²) in [4.78, 5) is 4.96. The van der Waals surface area contributed by atoms with Crippen molar-refractivity contribution in [3.05, 3.63) is 0 Å². The van der Waals surface area contributed by atoms with E-state index in [2.05, 4.69) is 30.8 Å². The molecule has 100 valence electrons. The Morgan fingerprint density at radius 1 is 1.29 bits per heavy atom. The van der Waals surface area contributed by atoms with Gasteiger partial charge >= 0.3 is 0 Å². The van der Waals surface area contributed by atoms with Gasteiger partial charge in [-0.1, -0.05) is 6.92 Å². The first-order valence-corrected chi connectivity index (χ1v) is 7.24. The van der Waals surface area contributed by atoms with Crippen LogP contribution in [0.5, 0.6) is 0 Å². The minimum Gasteiger partial charge on any atom is -0.329 e. The normalized spacial score (nSPS) is 35.6. The fourth-order valence-corrected chi connectivity index (χ4v) is 3.89. The Hall–Kier alpha value is -0.120. The fraction of sp³-hybridized carbons (Fsp3) is 1.00. The quantitative estimate of drug-likeness (QED) is 0.729. The van der Waals surface area contributed by atoms with Crippen LogP contribution in [0.25, 0.3) is 0 Å². The molecular weight excluding hydrogens is 210 g/mol. The first-order valence-electron chi connectivity index (χ1n) is 7.24. The fourth-order valence-electron chi connectivity index (χ4n) is 3.89. The van der Waals surface area contributed by atoms with E-state index in [1.165, 1.54) is 38.8 Å². The third-order valence-electron chi connectivity index (χ3n) is 4.96. The van der Waals surface area contributed by atoms with Crippen LogP contribution >= 0.6 is 0 Å². The molecule has 2 aliphatic rings. The second-order valence-electron chi connectivity index (χ2n) is 6.19. The average molecular weight is 239 g/mol. The molecule has 0 aromatic carbocycles. The molecule has 0 aromatic heterocycles. The summed E-state index contributed by atoms with van der Waals surface area (Å²) in [5.41, 5.74) is 6.51. The number of likely N-dealkylation sites (N-methyl/N-ethyl adjacent to an activating group) is 1. The lowest BCUT2D eigenvalue weighted by Crippen LogP contribution is -2.54. The van der Waals surface area contributed by atoms with Gasteiger partial charge in [-0.3, -0.25) is 4.90 Å². The summed E-state index contributed by atoms with van der Waals surface area (Å²) in [6.07, 6.45) is 5.47. The summed E-state index contributed by atoms with van der Waals surface area (Å²) in [5, 5.41) is 0. The third kappa shape index (κ3) is 2.51. The molecule has 3 atom stereocenters. The summed E-state index contributed by atoms with van der Waals surface area (Å²) >= 11 is 0. The number of nitrogens with zero attached hydrogens (tertiary/aromatic N) is 2. The van der Waals surface area contributed by atoms with Crippen molar-refractivity contribution in [2.45, 2.75) is 38.1 Å². The van der Waals surface area contributed by atoms with Crippen molar-refractivity contribution in [2.24, 2.45) is 17.6 Å². The van der Waals surface area contributed by atoms with Crippen LogP contribution < -0.4 is 5.73 Å². The van der Waals surface area contributed by atoms with Gasteiger partial charge in [-0.2, -0.15) is 0 Å². The van der Waals surface area contributed by atoms with Crippen molar-refractivity contribution in [3.8, 4) is 0 Å². The summed E-state index contributed by atoms with van der Waals surface area (Å²) in [7, 11) is 4.31. The number of hydrogen-bond donors (Lipinski definition) is 1. The van der Waals surface area contributed by atoms with Gasteiger partial charge in [-0.05, 0) is 71.2 Å². The minimum atomic E-state index is 0.367. The molecule has 0 bridgehead atoms.